The Kier molecular flexibility index (Phi) is 12.4. The highest BCUT2D eigenvalue weighted by Crippen LogP contribution is 2.29. The van der Waals surface area contributed by atoms with Crippen molar-refractivity contribution >= 4 is 5.95 Å². The lowest BCUT2D eigenvalue weighted by atomic mass is 9.97. The lowest BCUT2D eigenvalue weighted by Gasteiger charge is -2.42. The quantitative estimate of drug-likeness (QED) is 0.127. The van der Waals surface area contributed by atoms with Crippen molar-refractivity contribution in [2.75, 3.05) is 70.8 Å². The van der Waals surface area contributed by atoms with Crippen LogP contribution in [0.4, 0.5) is 19.1 Å². The molecule has 1 aromatic rings. The highest BCUT2D eigenvalue weighted by atomic mass is 19.4. The zero-order valence-corrected chi connectivity index (χ0v) is 18.8. The lowest BCUT2D eigenvalue weighted by molar-refractivity contribution is -0.157. The van der Waals surface area contributed by atoms with Crippen LogP contribution in [0.5, 0.6) is 0 Å². The van der Waals surface area contributed by atoms with Gasteiger partial charge in [0.2, 0.25) is 5.95 Å². The predicted molar refractivity (Wildman–Crippen MR) is 113 cm³/mol. The van der Waals surface area contributed by atoms with E-state index >= 15 is 0 Å². The van der Waals surface area contributed by atoms with Crippen LogP contribution in [0.25, 0.3) is 10.4 Å². The normalized spacial score (nSPS) is 22.6. The predicted octanol–water partition coefficient (Wildman–Crippen LogP) is 0.143. The van der Waals surface area contributed by atoms with Gasteiger partial charge in [-0.15, -0.1) is 0 Å². The molecule has 0 aromatic carbocycles. The molecule has 0 amide bonds. The SMILES string of the molecule is [N-]=[N+]=NCCOCCOCCOCCN(c1nccc(C(F)(F)F)n1)[C@H]1CO[C@H](CO)[C@H](O)[C@@H]1O. The molecule has 4 atom stereocenters. The monoisotopic (exact) mass is 510 g/mol. The van der Waals surface area contributed by atoms with Crippen LogP contribution in [0, 0.1) is 0 Å². The fourth-order valence-corrected chi connectivity index (χ4v) is 3.22. The molecule has 1 aromatic heterocycles. The van der Waals surface area contributed by atoms with Crippen LogP contribution < -0.4 is 4.90 Å². The Balaban J connectivity index is 1.90. The van der Waals surface area contributed by atoms with Crippen molar-refractivity contribution in [2.45, 2.75) is 30.5 Å². The molecule has 35 heavy (non-hydrogen) atoms. The Hall–Kier alpha value is -2.30. The molecule has 2 heterocycles. The summed E-state index contributed by atoms with van der Waals surface area (Å²) in [6, 6.07) is -0.265. The maximum Gasteiger partial charge on any atom is 0.433 e. The summed E-state index contributed by atoms with van der Waals surface area (Å²) in [5.41, 5.74) is 6.98. The van der Waals surface area contributed by atoms with Crippen molar-refractivity contribution in [3.05, 3.63) is 28.4 Å². The van der Waals surface area contributed by atoms with Gasteiger partial charge in [0, 0.05) is 24.2 Å². The summed E-state index contributed by atoms with van der Waals surface area (Å²) in [4.78, 5) is 11.3. The molecule has 0 saturated carbocycles. The molecule has 13 nitrogen and oxygen atoms in total. The third-order valence-corrected chi connectivity index (χ3v) is 5.00. The number of ether oxygens (including phenoxy) is 4. The van der Waals surface area contributed by atoms with Gasteiger partial charge < -0.3 is 39.2 Å². The largest absolute Gasteiger partial charge is 0.433 e. The average molecular weight is 510 g/mol. The lowest BCUT2D eigenvalue weighted by Crippen LogP contribution is -2.61. The van der Waals surface area contributed by atoms with Gasteiger partial charge in [-0.05, 0) is 11.6 Å². The summed E-state index contributed by atoms with van der Waals surface area (Å²) in [5.74, 6) is -0.320. The molecule has 1 aliphatic rings. The molecule has 0 unspecified atom stereocenters. The third-order valence-electron chi connectivity index (χ3n) is 5.00. The van der Waals surface area contributed by atoms with Gasteiger partial charge in [0.1, 0.15) is 24.0 Å². The van der Waals surface area contributed by atoms with Gasteiger partial charge in [-0.25, -0.2) is 9.97 Å². The molecule has 1 fully saturated rings. The van der Waals surface area contributed by atoms with Crippen molar-refractivity contribution in [3.63, 3.8) is 0 Å². The van der Waals surface area contributed by atoms with Crippen molar-refractivity contribution in [3.8, 4) is 0 Å². The number of nitrogens with zero attached hydrogens (tertiary/aromatic N) is 6. The van der Waals surface area contributed by atoms with E-state index < -0.39 is 42.8 Å². The molecular formula is C19H29F3N6O7. The molecule has 3 N–H and O–H groups in total. The third kappa shape index (κ3) is 9.35. The number of hydrogen-bond acceptors (Lipinski definition) is 11. The fraction of sp³-hybridized carbons (Fsp3) is 0.789. The van der Waals surface area contributed by atoms with E-state index in [-0.39, 0.29) is 52.1 Å². The summed E-state index contributed by atoms with van der Waals surface area (Å²) >= 11 is 0. The van der Waals surface area contributed by atoms with Gasteiger partial charge in [-0.2, -0.15) is 13.2 Å². The number of hydrogen-bond donors (Lipinski definition) is 3. The Bertz CT molecular complexity index is 802. The van der Waals surface area contributed by atoms with Crippen LogP contribution in [0.15, 0.2) is 17.4 Å². The number of halogens is 3. The van der Waals surface area contributed by atoms with E-state index in [1.165, 1.54) is 4.90 Å². The number of anilines is 1. The summed E-state index contributed by atoms with van der Waals surface area (Å²) < 4.78 is 60.8. The summed E-state index contributed by atoms with van der Waals surface area (Å²) in [7, 11) is 0. The molecule has 1 saturated heterocycles. The first kappa shape index (κ1) is 28.9. The van der Waals surface area contributed by atoms with Crippen LogP contribution in [-0.2, 0) is 25.1 Å². The van der Waals surface area contributed by atoms with Crippen LogP contribution in [0.2, 0.25) is 0 Å². The van der Waals surface area contributed by atoms with Crippen molar-refractivity contribution < 1.29 is 47.4 Å². The molecule has 0 aliphatic carbocycles. The smallest absolute Gasteiger partial charge is 0.394 e. The second kappa shape index (κ2) is 15.0. The minimum atomic E-state index is -4.70. The number of alkyl halides is 3. The molecule has 0 bridgehead atoms. The van der Waals surface area contributed by atoms with E-state index in [1.54, 1.807) is 0 Å². The van der Waals surface area contributed by atoms with Gasteiger partial charge in [-0.3, -0.25) is 0 Å². The summed E-state index contributed by atoms with van der Waals surface area (Å²) in [6.45, 7) is 0.781. The number of aromatic nitrogens is 2. The minimum Gasteiger partial charge on any atom is -0.394 e. The molecule has 198 valence electrons. The van der Waals surface area contributed by atoms with Gasteiger partial charge in [0.05, 0.1) is 58.9 Å². The van der Waals surface area contributed by atoms with Gasteiger partial charge in [0.25, 0.3) is 0 Å². The highest BCUT2D eigenvalue weighted by Gasteiger charge is 2.42. The zero-order chi connectivity index (χ0) is 25.7. The minimum absolute atomic E-state index is 0.0222. The van der Waals surface area contributed by atoms with E-state index in [1.807, 2.05) is 0 Å². The molecular weight excluding hydrogens is 481 g/mol. The number of aliphatic hydroxyl groups is 3. The van der Waals surface area contributed by atoms with Crippen molar-refractivity contribution in [2.24, 2.45) is 5.11 Å². The van der Waals surface area contributed by atoms with Gasteiger partial charge in [-0.1, -0.05) is 5.11 Å². The fourth-order valence-electron chi connectivity index (χ4n) is 3.22. The number of rotatable bonds is 15. The first-order chi connectivity index (χ1) is 16.8. The molecule has 0 spiro atoms. The Labute approximate surface area is 199 Å². The van der Waals surface area contributed by atoms with Crippen molar-refractivity contribution in [1.82, 2.24) is 9.97 Å². The second-order valence-corrected chi connectivity index (χ2v) is 7.33. The molecule has 16 heteroatoms. The van der Waals surface area contributed by atoms with E-state index in [0.717, 1.165) is 12.3 Å². The Morgan fingerprint density at radius 2 is 1.77 bits per heavy atom. The molecule has 1 aliphatic heterocycles. The molecule has 2 rings (SSSR count). The number of aliphatic hydroxyl groups excluding tert-OH is 3. The zero-order valence-electron chi connectivity index (χ0n) is 18.8. The van der Waals surface area contributed by atoms with Crippen LogP contribution >= 0.6 is 0 Å². The maximum atomic E-state index is 13.1. The highest BCUT2D eigenvalue weighted by molar-refractivity contribution is 5.34. The van der Waals surface area contributed by atoms with Gasteiger partial charge in [0.15, 0.2) is 0 Å². The average Bonchev–Trinajstić information content (AvgIpc) is 2.84. The van der Waals surface area contributed by atoms with Crippen LogP contribution in [-0.4, -0.2) is 116 Å². The second-order valence-electron chi connectivity index (χ2n) is 7.33. The van der Waals surface area contributed by atoms with Crippen LogP contribution in [0.1, 0.15) is 5.69 Å². The van der Waals surface area contributed by atoms with Crippen LogP contribution in [0.3, 0.4) is 0 Å². The summed E-state index contributed by atoms with van der Waals surface area (Å²) in [5, 5.41) is 33.3. The van der Waals surface area contributed by atoms with E-state index in [4.69, 9.17) is 24.5 Å². The summed E-state index contributed by atoms with van der Waals surface area (Å²) in [6.07, 6.45) is -7.68. The van der Waals surface area contributed by atoms with Crippen molar-refractivity contribution in [1.29, 1.82) is 0 Å². The standard InChI is InChI=1S/C19H29F3N6O7/c20-19(21,22)15-1-2-24-18(26-15)28(13-12-35-14(11-29)17(31)16(13)30)4-6-33-8-10-34-9-7-32-5-3-25-27-23/h1-2,13-14,16-17,29-31H,3-12H2/t13-,14+,16+,17-/m0/s1. The Morgan fingerprint density at radius 3 is 2.40 bits per heavy atom. The Morgan fingerprint density at radius 1 is 1.11 bits per heavy atom. The first-order valence-electron chi connectivity index (χ1n) is 10.8. The first-order valence-corrected chi connectivity index (χ1v) is 10.8. The van der Waals surface area contributed by atoms with E-state index in [9.17, 15) is 28.5 Å². The molecule has 0 radical (unpaired) electrons. The van der Waals surface area contributed by atoms with E-state index in [0.29, 0.717) is 13.2 Å². The topological polar surface area (TPSA) is 175 Å². The number of azide groups is 1. The van der Waals surface area contributed by atoms with E-state index in [2.05, 4.69) is 20.0 Å². The maximum absolute atomic E-state index is 13.1. The van der Waals surface area contributed by atoms with Gasteiger partial charge >= 0.3 is 6.18 Å².